The summed E-state index contributed by atoms with van der Waals surface area (Å²) in [7, 11) is 1.79. The van der Waals surface area contributed by atoms with Crippen molar-refractivity contribution in [1.29, 1.82) is 0 Å². The molecule has 8 heteroatoms. The van der Waals surface area contributed by atoms with Gasteiger partial charge in [-0.15, -0.1) is 0 Å². The van der Waals surface area contributed by atoms with E-state index in [0.29, 0.717) is 30.3 Å². The van der Waals surface area contributed by atoms with Crippen LogP contribution in [0, 0.1) is 18.8 Å². The van der Waals surface area contributed by atoms with E-state index in [2.05, 4.69) is 5.32 Å². The maximum atomic E-state index is 13.0. The first-order chi connectivity index (χ1) is 14.7. The van der Waals surface area contributed by atoms with Gasteiger partial charge >= 0.3 is 6.03 Å². The zero-order valence-electron chi connectivity index (χ0n) is 18.8. The van der Waals surface area contributed by atoms with Gasteiger partial charge in [0.25, 0.3) is 5.91 Å². The van der Waals surface area contributed by atoms with E-state index in [-0.39, 0.29) is 30.1 Å². The molecule has 2 aliphatic rings. The van der Waals surface area contributed by atoms with Gasteiger partial charge in [0, 0.05) is 56.8 Å². The number of carbonyl (C=O) groups excluding carboxylic acids is 4. The van der Waals surface area contributed by atoms with Gasteiger partial charge in [-0.25, -0.2) is 4.79 Å². The lowest BCUT2D eigenvalue weighted by atomic mass is 9.95. The Kier molecular flexibility index (Phi) is 6.97. The van der Waals surface area contributed by atoms with Gasteiger partial charge in [-0.2, -0.15) is 0 Å². The molecule has 0 spiro atoms. The second kappa shape index (κ2) is 9.49. The highest BCUT2D eigenvalue weighted by atomic mass is 16.2. The second-order valence-electron chi connectivity index (χ2n) is 8.87. The third kappa shape index (κ3) is 5.24. The Hall–Kier alpha value is -2.90. The lowest BCUT2D eigenvalue weighted by Crippen LogP contribution is -2.49. The number of amides is 5. The predicted molar refractivity (Wildman–Crippen MR) is 118 cm³/mol. The molecule has 0 unspecified atom stereocenters. The van der Waals surface area contributed by atoms with Gasteiger partial charge in [-0.3, -0.25) is 24.6 Å². The summed E-state index contributed by atoms with van der Waals surface area (Å²) in [5, 5.41) is 2.32. The standard InChI is InChI=1S/C23H32N4O4/c1-15(2)21(29)26-10-7-17(8-11-26)14-25(4)22(30)18-6-5-16(3)19(13-18)27-12-9-20(28)24-23(27)31/h5-6,13,15,17H,7-12,14H2,1-4H3,(H,24,28,31). The SMILES string of the molecule is Cc1ccc(C(=O)N(C)CC2CCN(C(=O)C(C)C)CC2)cc1N1CCC(=O)NC1=O. The Labute approximate surface area is 183 Å². The number of hydrogen-bond donors (Lipinski definition) is 1. The van der Waals surface area contributed by atoms with Gasteiger partial charge in [0.05, 0.1) is 0 Å². The number of hydrogen-bond acceptors (Lipinski definition) is 4. The maximum absolute atomic E-state index is 13.0. The average molecular weight is 429 g/mol. The number of rotatable bonds is 5. The van der Waals surface area contributed by atoms with Gasteiger partial charge < -0.3 is 9.80 Å². The third-order valence-electron chi connectivity index (χ3n) is 6.10. The van der Waals surface area contributed by atoms with Crippen molar-refractivity contribution < 1.29 is 19.2 Å². The fraction of sp³-hybridized carbons (Fsp3) is 0.565. The van der Waals surface area contributed by atoms with E-state index in [1.54, 1.807) is 24.1 Å². The summed E-state index contributed by atoms with van der Waals surface area (Å²) in [6.45, 7) is 8.12. The number of anilines is 1. The molecule has 168 valence electrons. The minimum absolute atomic E-state index is 0.0108. The molecule has 0 atom stereocenters. The number of aryl methyl sites for hydroxylation is 1. The largest absolute Gasteiger partial charge is 0.342 e. The summed E-state index contributed by atoms with van der Waals surface area (Å²) in [5.74, 6) is 0.173. The van der Waals surface area contributed by atoms with Crippen LogP contribution in [0.2, 0.25) is 0 Å². The van der Waals surface area contributed by atoms with E-state index in [1.165, 1.54) is 4.90 Å². The fourth-order valence-electron chi connectivity index (χ4n) is 4.22. The summed E-state index contributed by atoms with van der Waals surface area (Å²) in [4.78, 5) is 54.0. The smallest absolute Gasteiger partial charge is 0.328 e. The molecule has 2 aliphatic heterocycles. The number of likely N-dealkylation sites (tertiary alicyclic amines) is 1. The van der Waals surface area contributed by atoms with Crippen molar-refractivity contribution in [3.05, 3.63) is 29.3 Å². The van der Waals surface area contributed by atoms with Crippen LogP contribution in [0.5, 0.6) is 0 Å². The highest BCUT2D eigenvalue weighted by Crippen LogP contribution is 2.25. The van der Waals surface area contributed by atoms with Crippen LogP contribution in [0.15, 0.2) is 18.2 Å². The number of urea groups is 1. The maximum Gasteiger partial charge on any atom is 0.328 e. The van der Waals surface area contributed by atoms with Crippen LogP contribution in [0.4, 0.5) is 10.5 Å². The van der Waals surface area contributed by atoms with E-state index in [9.17, 15) is 19.2 Å². The van der Waals surface area contributed by atoms with Gasteiger partial charge in [-0.05, 0) is 43.4 Å². The van der Waals surface area contributed by atoms with E-state index in [1.807, 2.05) is 31.7 Å². The fourth-order valence-corrected chi connectivity index (χ4v) is 4.22. The first kappa shape index (κ1) is 22.8. The molecule has 0 radical (unpaired) electrons. The molecule has 8 nitrogen and oxygen atoms in total. The Bertz CT molecular complexity index is 874. The monoisotopic (exact) mass is 428 g/mol. The highest BCUT2D eigenvalue weighted by molar-refractivity contribution is 6.06. The Balaban J connectivity index is 1.63. The molecule has 0 bridgehead atoms. The van der Waals surface area contributed by atoms with Crippen LogP contribution in [-0.4, -0.2) is 66.8 Å². The van der Waals surface area contributed by atoms with Gasteiger partial charge in [0.1, 0.15) is 0 Å². The quantitative estimate of drug-likeness (QED) is 0.780. The minimum atomic E-state index is -0.458. The molecule has 3 rings (SSSR count). The summed E-state index contributed by atoms with van der Waals surface area (Å²) in [6.07, 6.45) is 2.01. The molecule has 2 saturated heterocycles. The highest BCUT2D eigenvalue weighted by Gasteiger charge is 2.28. The Morgan fingerprint density at radius 1 is 1.16 bits per heavy atom. The van der Waals surface area contributed by atoms with E-state index in [0.717, 1.165) is 31.5 Å². The van der Waals surface area contributed by atoms with Crippen molar-refractivity contribution in [3.8, 4) is 0 Å². The Morgan fingerprint density at radius 2 is 1.84 bits per heavy atom. The van der Waals surface area contributed by atoms with Crippen LogP contribution in [-0.2, 0) is 9.59 Å². The molecule has 1 aromatic rings. The first-order valence-corrected chi connectivity index (χ1v) is 10.9. The normalized spacial score (nSPS) is 17.7. The third-order valence-corrected chi connectivity index (χ3v) is 6.10. The molecule has 0 aliphatic carbocycles. The molecule has 1 N–H and O–H groups in total. The van der Waals surface area contributed by atoms with Crippen LogP contribution in [0.3, 0.4) is 0 Å². The summed E-state index contributed by atoms with van der Waals surface area (Å²) >= 11 is 0. The zero-order valence-corrected chi connectivity index (χ0v) is 18.8. The average Bonchev–Trinajstić information content (AvgIpc) is 2.74. The summed E-state index contributed by atoms with van der Waals surface area (Å²) in [6, 6.07) is 4.87. The molecular formula is C23H32N4O4. The summed E-state index contributed by atoms with van der Waals surface area (Å²) < 4.78 is 0. The molecule has 0 aromatic heterocycles. The lowest BCUT2D eigenvalue weighted by molar-refractivity contribution is -0.135. The molecule has 1 aromatic carbocycles. The van der Waals surface area contributed by atoms with Crippen molar-refractivity contribution in [3.63, 3.8) is 0 Å². The second-order valence-corrected chi connectivity index (χ2v) is 8.87. The number of nitrogens with one attached hydrogen (secondary N) is 1. The van der Waals surface area contributed by atoms with Crippen molar-refractivity contribution in [2.75, 3.05) is 38.1 Å². The van der Waals surface area contributed by atoms with E-state index < -0.39 is 6.03 Å². The van der Waals surface area contributed by atoms with Crippen LogP contribution >= 0.6 is 0 Å². The minimum Gasteiger partial charge on any atom is -0.342 e. The number of carbonyl (C=O) groups is 4. The summed E-state index contributed by atoms with van der Waals surface area (Å²) in [5.41, 5.74) is 2.02. The number of benzene rings is 1. The molecular weight excluding hydrogens is 396 g/mol. The van der Waals surface area contributed by atoms with Crippen LogP contribution in [0.25, 0.3) is 0 Å². The zero-order chi connectivity index (χ0) is 22.7. The Morgan fingerprint density at radius 3 is 2.45 bits per heavy atom. The van der Waals surface area contributed by atoms with Crippen molar-refractivity contribution in [1.82, 2.24) is 15.1 Å². The van der Waals surface area contributed by atoms with Crippen LogP contribution < -0.4 is 10.2 Å². The van der Waals surface area contributed by atoms with Crippen molar-refractivity contribution in [2.45, 2.75) is 40.0 Å². The van der Waals surface area contributed by atoms with Crippen molar-refractivity contribution in [2.24, 2.45) is 11.8 Å². The first-order valence-electron chi connectivity index (χ1n) is 10.9. The van der Waals surface area contributed by atoms with Gasteiger partial charge in [0.2, 0.25) is 11.8 Å². The molecule has 0 saturated carbocycles. The lowest BCUT2D eigenvalue weighted by Gasteiger charge is -2.35. The number of nitrogens with zero attached hydrogens (tertiary/aromatic N) is 3. The number of piperidine rings is 1. The van der Waals surface area contributed by atoms with Gasteiger partial charge in [0.15, 0.2) is 0 Å². The van der Waals surface area contributed by atoms with E-state index >= 15 is 0 Å². The van der Waals surface area contributed by atoms with Gasteiger partial charge in [-0.1, -0.05) is 19.9 Å². The number of imide groups is 1. The molecule has 2 fully saturated rings. The predicted octanol–water partition coefficient (Wildman–Crippen LogP) is 2.41. The van der Waals surface area contributed by atoms with E-state index in [4.69, 9.17) is 0 Å². The molecule has 5 amide bonds. The molecule has 31 heavy (non-hydrogen) atoms. The molecule has 2 heterocycles. The van der Waals surface area contributed by atoms with Crippen LogP contribution in [0.1, 0.15) is 49.0 Å². The van der Waals surface area contributed by atoms with Crippen molar-refractivity contribution >= 4 is 29.4 Å². The topological polar surface area (TPSA) is 90.0 Å².